The third-order valence-electron chi connectivity index (χ3n) is 7.74. The number of methoxy groups -OCH3 is 2. The molecule has 1 aliphatic heterocycles. The fourth-order valence-electron chi connectivity index (χ4n) is 5.90. The van der Waals surface area contributed by atoms with Crippen LogP contribution in [-0.4, -0.2) is 39.0 Å². The molecule has 0 saturated carbocycles. The average Bonchev–Trinajstić information content (AvgIpc) is 2.90. The highest BCUT2D eigenvalue weighted by Gasteiger charge is 2.54. The Morgan fingerprint density at radius 2 is 1.81 bits per heavy atom. The van der Waals surface area contributed by atoms with Gasteiger partial charge in [0.1, 0.15) is 17.6 Å². The number of rotatable bonds is 5. The Balaban J connectivity index is 1.54. The van der Waals surface area contributed by atoms with Crippen molar-refractivity contribution in [3.8, 4) is 11.5 Å². The summed E-state index contributed by atoms with van der Waals surface area (Å²) >= 11 is 0. The Hall–Kier alpha value is -3.55. The fraction of sp³-hybridized carbons (Fsp3) is 0.300. The van der Waals surface area contributed by atoms with E-state index in [1.54, 1.807) is 14.2 Å². The van der Waals surface area contributed by atoms with Gasteiger partial charge in [0.15, 0.2) is 0 Å². The molecule has 188 valence electrons. The zero-order chi connectivity index (χ0) is 25.7. The molecule has 7 heteroatoms. The predicted molar refractivity (Wildman–Crippen MR) is 144 cm³/mol. The largest absolute Gasteiger partial charge is 0.497 e. The van der Waals surface area contributed by atoms with Crippen molar-refractivity contribution >= 4 is 40.1 Å². The van der Waals surface area contributed by atoms with Gasteiger partial charge in [-0.25, -0.2) is 0 Å². The maximum atomic E-state index is 12.0. The molecule has 1 fully saturated rings. The molecule has 37 heavy (non-hydrogen) atoms. The lowest BCUT2D eigenvalue weighted by atomic mass is 9.67. The first-order valence-corrected chi connectivity index (χ1v) is 12.6. The Labute approximate surface area is 216 Å². The van der Waals surface area contributed by atoms with Crippen LogP contribution in [0.15, 0.2) is 66.7 Å². The van der Waals surface area contributed by atoms with E-state index in [2.05, 4.69) is 24.3 Å². The molecule has 1 heterocycles. The van der Waals surface area contributed by atoms with E-state index in [9.17, 15) is 4.79 Å². The standard InChI is InChI=1S/C30H29BO6/c1-18(35-19(2)32)30-16-27-26(28(17-30)36-31(37-30)23-8-6-5-7-9-23)15-22-12-20-10-11-24(33-3)13-21(20)14-25(22)29(27)34-4/h5-15,18,28H,16-17H2,1-4H3/t18-,28+,30+/m1/s1. The Kier molecular flexibility index (Phi) is 5.85. The van der Waals surface area contributed by atoms with E-state index in [0.29, 0.717) is 12.8 Å². The van der Waals surface area contributed by atoms with E-state index in [0.717, 1.165) is 49.6 Å². The normalized spacial score (nSPS) is 21.4. The van der Waals surface area contributed by atoms with Crippen LogP contribution in [0.4, 0.5) is 0 Å². The molecule has 2 aliphatic rings. The van der Waals surface area contributed by atoms with Crippen LogP contribution in [0.1, 0.15) is 37.5 Å². The molecule has 6 rings (SSSR count). The van der Waals surface area contributed by atoms with Crippen molar-refractivity contribution < 1.29 is 28.3 Å². The van der Waals surface area contributed by atoms with Crippen LogP contribution < -0.4 is 14.9 Å². The summed E-state index contributed by atoms with van der Waals surface area (Å²) in [7, 11) is 2.80. The number of hydrogen-bond acceptors (Lipinski definition) is 6. The highest BCUT2D eigenvalue weighted by atomic mass is 16.6. The van der Waals surface area contributed by atoms with E-state index in [1.165, 1.54) is 6.92 Å². The van der Waals surface area contributed by atoms with E-state index in [4.69, 9.17) is 23.5 Å². The van der Waals surface area contributed by atoms with Crippen LogP contribution in [0.5, 0.6) is 11.5 Å². The van der Waals surface area contributed by atoms with Crippen molar-refractivity contribution in [3.63, 3.8) is 0 Å². The molecule has 0 aromatic heterocycles. The van der Waals surface area contributed by atoms with Crippen LogP contribution in [-0.2, 0) is 25.3 Å². The lowest BCUT2D eigenvalue weighted by Crippen LogP contribution is -2.60. The second-order valence-corrected chi connectivity index (χ2v) is 9.95. The maximum absolute atomic E-state index is 12.0. The minimum Gasteiger partial charge on any atom is -0.497 e. The average molecular weight is 496 g/mol. The van der Waals surface area contributed by atoms with E-state index < -0.39 is 18.8 Å². The van der Waals surface area contributed by atoms with Gasteiger partial charge >= 0.3 is 13.1 Å². The number of benzene rings is 4. The van der Waals surface area contributed by atoms with Gasteiger partial charge in [0.25, 0.3) is 0 Å². The number of fused-ring (bicyclic) bond motifs is 6. The van der Waals surface area contributed by atoms with E-state index >= 15 is 0 Å². The van der Waals surface area contributed by atoms with Crippen molar-refractivity contribution in [2.24, 2.45) is 0 Å². The van der Waals surface area contributed by atoms with Crippen molar-refractivity contribution in [2.75, 3.05) is 14.2 Å². The van der Waals surface area contributed by atoms with Crippen LogP contribution in [0.3, 0.4) is 0 Å². The van der Waals surface area contributed by atoms with Crippen molar-refractivity contribution in [1.29, 1.82) is 0 Å². The summed E-state index contributed by atoms with van der Waals surface area (Å²) in [6.07, 6.45) is 0.398. The minimum absolute atomic E-state index is 0.245. The lowest BCUT2D eigenvalue weighted by molar-refractivity contribution is -0.171. The van der Waals surface area contributed by atoms with Crippen molar-refractivity contribution in [3.05, 3.63) is 77.9 Å². The quantitative estimate of drug-likeness (QED) is 0.217. The molecule has 4 aromatic carbocycles. The smallest absolute Gasteiger partial charge is 0.494 e. The first kappa shape index (κ1) is 23.8. The zero-order valence-electron chi connectivity index (χ0n) is 21.4. The number of carbonyl (C=O) groups is 1. The van der Waals surface area contributed by atoms with Gasteiger partial charge in [0, 0.05) is 30.7 Å². The summed E-state index contributed by atoms with van der Waals surface area (Å²) in [6, 6.07) is 22.5. The Morgan fingerprint density at radius 1 is 1.00 bits per heavy atom. The molecule has 0 amide bonds. The predicted octanol–water partition coefficient (Wildman–Crippen LogP) is 5.13. The van der Waals surface area contributed by atoms with Gasteiger partial charge in [-0.3, -0.25) is 4.79 Å². The first-order chi connectivity index (χ1) is 17.9. The van der Waals surface area contributed by atoms with Gasteiger partial charge in [0.05, 0.1) is 25.9 Å². The van der Waals surface area contributed by atoms with Gasteiger partial charge in [-0.2, -0.15) is 0 Å². The van der Waals surface area contributed by atoms with Crippen molar-refractivity contribution in [2.45, 2.75) is 44.5 Å². The molecule has 4 aromatic rings. The van der Waals surface area contributed by atoms with Crippen LogP contribution >= 0.6 is 0 Å². The highest BCUT2D eigenvalue weighted by Crippen LogP contribution is 2.51. The third-order valence-corrected chi connectivity index (χ3v) is 7.74. The molecule has 1 saturated heterocycles. The summed E-state index contributed by atoms with van der Waals surface area (Å²) in [5.74, 6) is 1.27. The van der Waals surface area contributed by atoms with E-state index in [-0.39, 0.29) is 12.1 Å². The molecule has 0 spiro atoms. The van der Waals surface area contributed by atoms with E-state index in [1.807, 2.05) is 49.4 Å². The molecule has 0 N–H and O–H groups in total. The molecule has 6 nitrogen and oxygen atoms in total. The molecular weight excluding hydrogens is 467 g/mol. The van der Waals surface area contributed by atoms with Crippen LogP contribution in [0.25, 0.3) is 21.5 Å². The summed E-state index contributed by atoms with van der Waals surface area (Å²) in [6.45, 7) is 3.34. The lowest BCUT2D eigenvalue weighted by Gasteiger charge is -2.50. The van der Waals surface area contributed by atoms with Crippen molar-refractivity contribution in [1.82, 2.24) is 0 Å². The number of ether oxygens (including phenoxy) is 3. The Morgan fingerprint density at radius 3 is 2.54 bits per heavy atom. The Bertz CT molecular complexity index is 1500. The second kappa shape index (κ2) is 9.08. The van der Waals surface area contributed by atoms with Gasteiger partial charge < -0.3 is 23.5 Å². The molecule has 3 atom stereocenters. The van der Waals surface area contributed by atoms with Crippen LogP contribution in [0.2, 0.25) is 0 Å². The SMILES string of the molecule is COc1ccc2cc3cc4c(c(OC)c3cc2c1)C[C@@]1([C@@H](C)OC(C)=O)C[C@@H]4OB(c2ccccc2)O1. The summed E-state index contributed by atoms with van der Waals surface area (Å²) in [5, 5.41) is 4.29. The number of hydrogen-bond donors (Lipinski definition) is 0. The summed E-state index contributed by atoms with van der Waals surface area (Å²) in [5.41, 5.74) is 2.29. The van der Waals surface area contributed by atoms with Gasteiger partial charge in [0.2, 0.25) is 0 Å². The summed E-state index contributed by atoms with van der Waals surface area (Å²) < 4.78 is 30.5. The maximum Gasteiger partial charge on any atom is 0.494 e. The highest BCUT2D eigenvalue weighted by molar-refractivity contribution is 6.61. The second-order valence-electron chi connectivity index (χ2n) is 9.95. The third kappa shape index (κ3) is 4.03. The first-order valence-electron chi connectivity index (χ1n) is 12.6. The van der Waals surface area contributed by atoms with Gasteiger partial charge in [-0.15, -0.1) is 0 Å². The van der Waals surface area contributed by atoms with Gasteiger partial charge in [-0.05, 0) is 64.4 Å². The molecule has 1 aliphatic carbocycles. The molecule has 0 radical (unpaired) electrons. The number of esters is 1. The summed E-state index contributed by atoms with van der Waals surface area (Å²) in [4.78, 5) is 12.0. The van der Waals surface area contributed by atoms with Gasteiger partial charge in [-0.1, -0.05) is 36.4 Å². The zero-order valence-corrected chi connectivity index (χ0v) is 21.4. The monoisotopic (exact) mass is 496 g/mol. The topological polar surface area (TPSA) is 63.2 Å². The molecule has 0 unspecified atom stereocenters. The number of carbonyl (C=O) groups excluding carboxylic acids is 1. The van der Waals surface area contributed by atoms with Crippen LogP contribution in [0, 0.1) is 0 Å². The minimum atomic E-state index is -0.761. The molecule has 2 bridgehead atoms. The molecular formula is C30H29BO6. The fourth-order valence-corrected chi connectivity index (χ4v) is 5.90.